The van der Waals surface area contributed by atoms with Crippen LogP contribution in [0.15, 0.2) is 34.3 Å². The van der Waals surface area contributed by atoms with Gasteiger partial charge in [0.2, 0.25) is 5.91 Å². The molecule has 5 nitrogen and oxygen atoms in total. The molecule has 1 rings (SSSR count). The summed E-state index contributed by atoms with van der Waals surface area (Å²) in [5.41, 5.74) is 8.85. The van der Waals surface area contributed by atoms with E-state index in [1.807, 2.05) is 12.1 Å². The lowest BCUT2D eigenvalue weighted by atomic mass is 10.3. The molecule has 1 aromatic rings. The van der Waals surface area contributed by atoms with Crippen LogP contribution in [-0.4, -0.2) is 18.7 Å². The summed E-state index contributed by atoms with van der Waals surface area (Å²) in [6.07, 6.45) is 0.519. The molecule has 0 unspecified atom stereocenters. The van der Waals surface area contributed by atoms with Crippen LogP contribution in [0.2, 0.25) is 0 Å². The molecule has 1 amide bonds. The zero-order valence-electron chi connectivity index (χ0n) is 9.29. The van der Waals surface area contributed by atoms with Gasteiger partial charge in [-0.2, -0.15) is 0 Å². The molecule has 0 bridgehead atoms. The molecule has 0 fully saturated rings. The number of carbonyl (C=O) groups excluding carboxylic acids is 1. The molecule has 1 aromatic carbocycles. The second-order valence-electron chi connectivity index (χ2n) is 3.01. The largest absolute Gasteiger partial charge is 0.359 e. The lowest BCUT2D eigenvalue weighted by Gasteiger charge is -2.01. The van der Waals surface area contributed by atoms with Crippen molar-refractivity contribution in [1.29, 1.82) is 0 Å². The number of hydrogen-bond donors (Lipinski definition) is 1. The average Bonchev–Trinajstić information content (AvgIpc) is 2.36. The fraction of sp³-hybridized carbons (Fsp3) is 0.300. The lowest BCUT2D eigenvalue weighted by Crippen LogP contribution is -2.17. The molecule has 0 aromatic heterocycles. The van der Waals surface area contributed by atoms with Gasteiger partial charge in [0.05, 0.1) is 0 Å². The van der Waals surface area contributed by atoms with Crippen LogP contribution in [0.5, 0.6) is 0 Å². The minimum Gasteiger partial charge on any atom is -0.359 e. The SMILES string of the molecule is CNC(=O)CCSSc1ccc(N=[N+]=[N-])cc1. The van der Waals surface area contributed by atoms with Gasteiger partial charge < -0.3 is 5.32 Å². The van der Waals surface area contributed by atoms with Crippen molar-refractivity contribution in [2.75, 3.05) is 12.8 Å². The van der Waals surface area contributed by atoms with E-state index in [4.69, 9.17) is 5.53 Å². The second kappa shape index (κ2) is 7.89. The molecular formula is C10H12N4OS2. The smallest absolute Gasteiger partial charge is 0.220 e. The molecule has 0 saturated heterocycles. The normalized spacial score (nSPS) is 9.47. The second-order valence-corrected chi connectivity index (χ2v) is 5.50. The summed E-state index contributed by atoms with van der Waals surface area (Å²) in [5, 5.41) is 6.07. The Balaban J connectivity index is 2.32. The highest BCUT2D eigenvalue weighted by Gasteiger charge is 1.99. The molecular weight excluding hydrogens is 256 g/mol. The number of hydrogen-bond acceptors (Lipinski definition) is 4. The van der Waals surface area contributed by atoms with Gasteiger partial charge in [0, 0.05) is 34.7 Å². The Morgan fingerprint density at radius 1 is 1.47 bits per heavy atom. The summed E-state index contributed by atoms with van der Waals surface area (Å²) in [7, 11) is 4.86. The van der Waals surface area contributed by atoms with Crippen molar-refractivity contribution < 1.29 is 4.79 Å². The highest BCUT2D eigenvalue weighted by molar-refractivity contribution is 8.76. The minimum atomic E-state index is 0.0526. The van der Waals surface area contributed by atoms with Gasteiger partial charge in [-0.25, -0.2) is 0 Å². The summed E-state index contributed by atoms with van der Waals surface area (Å²) in [4.78, 5) is 14.7. The van der Waals surface area contributed by atoms with E-state index in [0.29, 0.717) is 12.1 Å². The van der Waals surface area contributed by atoms with Crippen molar-refractivity contribution in [2.24, 2.45) is 5.11 Å². The van der Waals surface area contributed by atoms with Crippen molar-refractivity contribution in [3.05, 3.63) is 34.7 Å². The number of benzene rings is 1. The summed E-state index contributed by atoms with van der Waals surface area (Å²) in [6, 6.07) is 7.31. The van der Waals surface area contributed by atoms with Gasteiger partial charge in [-0.15, -0.1) is 0 Å². The predicted molar refractivity (Wildman–Crippen MR) is 72.2 cm³/mol. The average molecular weight is 268 g/mol. The van der Waals surface area contributed by atoms with Crippen LogP contribution in [0, 0.1) is 0 Å². The van der Waals surface area contributed by atoms with Crippen LogP contribution in [0.1, 0.15) is 6.42 Å². The van der Waals surface area contributed by atoms with Gasteiger partial charge in [0.25, 0.3) is 0 Å². The van der Waals surface area contributed by atoms with E-state index in [9.17, 15) is 4.79 Å². The fourth-order valence-electron chi connectivity index (χ4n) is 0.989. The molecule has 0 heterocycles. The third kappa shape index (κ3) is 5.53. The van der Waals surface area contributed by atoms with Gasteiger partial charge in [0.15, 0.2) is 0 Å². The summed E-state index contributed by atoms with van der Waals surface area (Å²) in [6.45, 7) is 0. The third-order valence-corrected chi connectivity index (χ3v) is 4.23. The minimum absolute atomic E-state index is 0.0526. The highest BCUT2D eigenvalue weighted by Crippen LogP contribution is 2.32. The van der Waals surface area contributed by atoms with Gasteiger partial charge >= 0.3 is 0 Å². The van der Waals surface area contributed by atoms with Gasteiger partial charge in [-0.05, 0) is 17.7 Å². The molecule has 17 heavy (non-hydrogen) atoms. The zero-order valence-corrected chi connectivity index (χ0v) is 10.9. The maximum atomic E-state index is 11.0. The van der Waals surface area contributed by atoms with Crippen molar-refractivity contribution in [2.45, 2.75) is 11.3 Å². The maximum Gasteiger partial charge on any atom is 0.220 e. The molecule has 1 N–H and O–H groups in total. The Bertz CT molecular complexity index is 415. The first kappa shape index (κ1) is 13.8. The van der Waals surface area contributed by atoms with Crippen molar-refractivity contribution in [3.63, 3.8) is 0 Å². The van der Waals surface area contributed by atoms with Crippen LogP contribution in [0.25, 0.3) is 10.4 Å². The number of rotatable bonds is 6. The first-order valence-electron chi connectivity index (χ1n) is 4.91. The van der Waals surface area contributed by atoms with Crippen molar-refractivity contribution >= 4 is 33.2 Å². The van der Waals surface area contributed by atoms with E-state index in [1.54, 1.807) is 40.8 Å². The first-order chi connectivity index (χ1) is 8.26. The van der Waals surface area contributed by atoms with Crippen LogP contribution >= 0.6 is 21.6 Å². The Morgan fingerprint density at radius 3 is 2.76 bits per heavy atom. The van der Waals surface area contributed by atoms with Gasteiger partial charge in [-0.1, -0.05) is 38.8 Å². The maximum absolute atomic E-state index is 11.0. The molecule has 0 aliphatic rings. The Hall–Kier alpha value is -1.30. The molecule has 0 saturated carbocycles. The van der Waals surface area contributed by atoms with Crippen molar-refractivity contribution in [3.8, 4) is 0 Å². The predicted octanol–water partition coefficient (Wildman–Crippen LogP) is 3.50. The van der Waals surface area contributed by atoms with E-state index >= 15 is 0 Å². The lowest BCUT2D eigenvalue weighted by molar-refractivity contribution is -0.120. The van der Waals surface area contributed by atoms with Crippen LogP contribution in [0.3, 0.4) is 0 Å². The molecule has 0 aliphatic heterocycles. The van der Waals surface area contributed by atoms with Crippen LogP contribution in [-0.2, 0) is 4.79 Å². The Kier molecular flexibility index (Phi) is 6.39. The highest BCUT2D eigenvalue weighted by atomic mass is 33.1. The monoisotopic (exact) mass is 268 g/mol. The molecule has 0 aliphatic carbocycles. The van der Waals surface area contributed by atoms with E-state index in [0.717, 1.165) is 10.6 Å². The summed E-state index contributed by atoms with van der Waals surface area (Å²) >= 11 is 0. The molecule has 90 valence electrons. The fourth-order valence-corrected chi connectivity index (χ4v) is 2.97. The van der Waals surface area contributed by atoms with Crippen molar-refractivity contribution in [1.82, 2.24) is 5.32 Å². The number of amides is 1. The first-order valence-corrected chi connectivity index (χ1v) is 7.23. The molecule has 7 heteroatoms. The van der Waals surface area contributed by atoms with Gasteiger partial charge in [0.1, 0.15) is 0 Å². The quantitative estimate of drug-likeness (QED) is 0.282. The standard InChI is InChI=1S/C10H12N4OS2/c1-12-10(15)6-7-16-17-9-4-2-8(3-5-9)13-14-11/h2-5H,6-7H2,1H3,(H,12,15). The molecule has 0 radical (unpaired) electrons. The molecule has 0 spiro atoms. The number of nitrogens with one attached hydrogen (secondary N) is 1. The third-order valence-electron chi connectivity index (χ3n) is 1.84. The molecule has 0 atom stereocenters. The van der Waals surface area contributed by atoms with Crippen LogP contribution in [0.4, 0.5) is 5.69 Å². The Morgan fingerprint density at radius 2 is 2.18 bits per heavy atom. The Labute approximate surface area is 107 Å². The summed E-state index contributed by atoms with van der Waals surface area (Å²) < 4.78 is 0. The van der Waals surface area contributed by atoms with E-state index < -0.39 is 0 Å². The van der Waals surface area contributed by atoms with Gasteiger partial charge in [-0.3, -0.25) is 4.79 Å². The number of azide groups is 1. The topological polar surface area (TPSA) is 77.9 Å². The van der Waals surface area contributed by atoms with Crippen LogP contribution < -0.4 is 5.32 Å². The zero-order chi connectivity index (χ0) is 12.5. The number of nitrogens with zero attached hydrogens (tertiary/aromatic N) is 3. The van der Waals surface area contributed by atoms with E-state index in [-0.39, 0.29) is 5.91 Å². The van der Waals surface area contributed by atoms with E-state index in [1.165, 1.54) is 0 Å². The number of carbonyl (C=O) groups is 1. The van der Waals surface area contributed by atoms with E-state index in [2.05, 4.69) is 15.3 Å². The summed E-state index contributed by atoms with van der Waals surface area (Å²) in [5.74, 6) is 0.819.